The smallest absolute Gasteiger partial charge is 0.104 e. The van der Waals surface area contributed by atoms with E-state index in [1.807, 2.05) is 23.3 Å². The summed E-state index contributed by atoms with van der Waals surface area (Å²) in [5.74, 6) is 0.195. The summed E-state index contributed by atoms with van der Waals surface area (Å²) in [5, 5.41) is 11.5. The van der Waals surface area contributed by atoms with E-state index in [1.54, 1.807) is 12.5 Å². The van der Waals surface area contributed by atoms with Gasteiger partial charge in [0.25, 0.3) is 0 Å². The highest BCUT2D eigenvalue weighted by Gasteiger charge is 2.43. The maximum Gasteiger partial charge on any atom is 0.104 e. The monoisotopic (exact) mass is 235 g/mol. The molecule has 3 rings (SSSR count). The van der Waals surface area contributed by atoms with E-state index in [2.05, 4.69) is 0 Å². The van der Waals surface area contributed by atoms with E-state index in [-0.39, 0.29) is 18.6 Å². The van der Waals surface area contributed by atoms with E-state index in [0.717, 1.165) is 18.5 Å². The summed E-state index contributed by atoms with van der Waals surface area (Å²) >= 11 is 0. The highest BCUT2D eigenvalue weighted by molar-refractivity contribution is 5.47. The second-order valence-corrected chi connectivity index (χ2v) is 4.68. The predicted molar refractivity (Wildman–Crippen MR) is 62.9 cm³/mol. The molecule has 2 aliphatic rings. The zero-order valence-electron chi connectivity index (χ0n) is 9.66. The van der Waals surface area contributed by atoms with E-state index >= 15 is 0 Å². The maximum atomic E-state index is 9.48. The van der Waals surface area contributed by atoms with E-state index in [9.17, 15) is 5.11 Å². The van der Waals surface area contributed by atoms with Crippen LogP contribution in [0.3, 0.4) is 0 Å². The molecule has 1 aromatic heterocycles. The van der Waals surface area contributed by atoms with Crippen molar-refractivity contribution in [1.82, 2.24) is 5.06 Å². The SMILES string of the molecule is OC[C@H]1[C@H](/C=C/c2ccoc2)ON2CCC[C@@H]12. The predicted octanol–water partition coefficient (Wildman–Crippen LogP) is 1.68. The van der Waals surface area contributed by atoms with Crippen LogP contribution in [0.2, 0.25) is 0 Å². The van der Waals surface area contributed by atoms with Gasteiger partial charge in [-0.3, -0.25) is 4.84 Å². The van der Waals surface area contributed by atoms with Crippen molar-refractivity contribution in [2.45, 2.75) is 25.0 Å². The van der Waals surface area contributed by atoms with Crippen molar-refractivity contribution in [3.05, 3.63) is 30.2 Å². The van der Waals surface area contributed by atoms with Crippen molar-refractivity contribution in [3.63, 3.8) is 0 Å². The molecule has 2 aliphatic heterocycles. The molecule has 2 fully saturated rings. The van der Waals surface area contributed by atoms with Crippen LogP contribution in [0, 0.1) is 5.92 Å². The van der Waals surface area contributed by atoms with Crippen molar-refractivity contribution in [2.24, 2.45) is 5.92 Å². The number of nitrogens with zero attached hydrogens (tertiary/aromatic N) is 1. The summed E-state index contributed by atoms with van der Waals surface area (Å²) < 4.78 is 5.01. The van der Waals surface area contributed by atoms with Crippen LogP contribution in [-0.4, -0.2) is 35.5 Å². The first kappa shape index (κ1) is 11.0. The molecule has 0 spiro atoms. The average molecular weight is 235 g/mol. The van der Waals surface area contributed by atoms with Gasteiger partial charge in [-0.25, -0.2) is 0 Å². The van der Waals surface area contributed by atoms with Crippen molar-refractivity contribution in [1.29, 1.82) is 0 Å². The molecule has 0 radical (unpaired) electrons. The van der Waals surface area contributed by atoms with Gasteiger partial charge in [0.2, 0.25) is 0 Å². The molecule has 0 bridgehead atoms. The fraction of sp³-hybridized carbons (Fsp3) is 0.538. The minimum absolute atomic E-state index is 0.0137. The molecule has 0 aliphatic carbocycles. The molecule has 1 N–H and O–H groups in total. The summed E-state index contributed by atoms with van der Waals surface area (Å²) in [6, 6.07) is 2.29. The third-order valence-corrected chi connectivity index (χ3v) is 3.65. The molecule has 1 aromatic rings. The molecule has 3 heterocycles. The number of hydrogen-bond donors (Lipinski definition) is 1. The maximum absolute atomic E-state index is 9.48. The van der Waals surface area contributed by atoms with Gasteiger partial charge in [-0.15, -0.1) is 0 Å². The summed E-state index contributed by atoms with van der Waals surface area (Å²) in [7, 11) is 0. The molecule has 0 saturated carbocycles. The minimum atomic E-state index is -0.0137. The summed E-state index contributed by atoms with van der Waals surface area (Å²) in [6.07, 6.45) is 9.63. The number of aliphatic hydroxyl groups excluding tert-OH is 1. The zero-order chi connectivity index (χ0) is 11.7. The van der Waals surface area contributed by atoms with Crippen molar-refractivity contribution < 1.29 is 14.4 Å². The molecule has 0 amide bonds. The third-order valence-electron chi connectivity index (χ3n) is 3.65. The Balaban J connectivity index is 1.71. The lowest BCUT2D eigenvalue weighted by Crippen LogP contribution is -2.28. The number of fused-ring (bicyclic) bond motifs is 1. The number of furan rings is 1. The zero-order valence-corrected chi connectivity index (χ0v) is 9.66. The number of hydrogen-bond acceptors (Lipinski definition) is 4. The second kappa shape index (κ2) is 4.64. The Morgan fingerprint density at radius 3 is 3.24 bits per heavy atom. The van der Waals surface area contributed by atoms with Crippen LogP contribution in [0.5, 0.6) is 0 Å². The number of aliphatic hydroxyl groups is 1. The van der Waals surface area contributed by atoms with Gasteiger partial charge < -0.3 is 9.52 Å². The van der Waals surface area contributed by atoms with E-state index < -0.39 is 0 Å². The molecule has 92 valence electrons. The Hall–Kier alpha value is -1.10. The van der Waals surface area contributed by atoms with E-state index in [4.69, 9.17) is 9.25 Å². The van der Waals surface area contributed by atoms with Crippen LogP contribution in [0.25, 0.3) is 6.08 Å². The lowest BCUT2D eigenvalue weighted by atomic mass is 9.94. The lowest BCUT2D eigenvalue weighted by Gasteiger charge is -2.15. The molecule has 2 saturated heterocycles. The Bertz CT molecular complexity index is 387. The van der Waals surface area contributed by atoms with Gasteiger partial charge >= 0.3 is 0 Å². The molecule has 4 heteroatoms. The first-order chi connectivity index (χ1) is 8.38. The standard InChI is InChI=1S/C13H17NO3/c15-8-11-12-2-1-6-14(12)17-13(11)4-3-10-5-7-16-9-10/h3-5,7,9,11-13,15H,1-2,6,8H2/b4-3+/t11-,12+,13+/m1/s1. The first-order valence-corrected chi connectivity index (χ1v) is 6.13. The van der Waals surface area contributed by atoms with Crippen LogP contribution in [0.4, 0.5) is 0 Å². The van der Waals surface area contributed by atoms with Crippen molar-refractivity contribution >= 4 is 6.08 Å². The fourth-order valence-corrected chi connectivity index (χ4v) is 2.76. The molecule has 4 nitrogen and oxygen atoms in total. The van der Waals surface area contributed by atoms with Crippen LogP contribution in [0.15, 0.2) is 29.1 Å². The quantitative estimate of drug-likeness (QED) is 0.865. The molecule has 0 unspecified atom stereocenters. The molecule has 3 atom stereocenters. The highest BCUT2D eigenvalue weighted by atomic mass is 16.7. The molecule has 17 heavy (non-hydrogen) atoms. The van der Waals surface area contributed by atoms with Gasteiger partial charge in [-0.05, 0) is 18.9 Å². The van der Waals surface area contributed by atoms with E-state index in [0.29, 0.717) is 6.04 Å². The van der Waals surface area contributed by atoms with E-state index in [1.165, 1.54) is 6.42 Å². The van der Waals surface area contributed by atoms with Gasteiger partial charge in [-0.2, -0.15) is 5.06 Å². The average Bonchev–Trinajstić information content (AvgIpc) is 3.02. The number of hydroxylamine groups is 2. The Kier molecular flexibility index (Phi) is 3.01. The minimum Gasteiger partial charge on any atom is -0.472 e. The van der Waals surface area contributed by atoms with Gasteiger partial charge in [0.15, 0.2) is 0 Å². The summed E-state index contributed by atoms with van der Waals surface area (Å²) in [6.45, 7) is 1.17. The van der Waals surface area contributed by atoms with Crippen LogP contribution in [-0.2, 0) is 4.84 Å². The molecular weight excluding hydrogens is 218 g/mol. The van der Waals surface area contributed by atoms with Crippen LogP contribution in [0.1, 0.15) is 18.4 Å². The highest BCUT2D eigenvalue weighted by Crippen LogP contribution is 2.35. The largest absolute Gasteiger partial charge is 0.472 e. The Morgan fingerprint density at radius 1 is 1.53 bits per heavy atom. The van der Waals surface area contributed by atoms with Crippen molar-refractivity contribution in [2.75, 3.05) is 13.2 Å². The van der Waals surface area contributed by atoms with Gasteiger partial charge in [-0.1, -0.05) is 12.2 Å². The number of rotatable bonds is 3. The molecule has 0 aromatic carbocycles. The Labute approximate surface area is 100 Å². The lowest BCUT2D eigenvalue weighted by molar-refractivity contribution is -0.135. The van der Waals surface area contributed by atoms with Crippen LogP contribution < -0.4 is 0 Å². The summed E-state index contributed by atoms with van der Waals surface area (Å²) in [5.41, 5.74) is 1.03. The Morgan fingerprint density at radius 2 is 2.47 bits per heavy atom. The second-order valence-electron chi connectivity index (χ2n) is 4.68. The topological polar surface area (TPSA) is 45.8 Å². The van der Waals surface area contributed by atoms with Crippen LogP contribution >= 0.6 is 0 Å². The normalized spacial score (nSPS) is 33.6. The third kappa shape index (κ3) is 2.04. The molecular formula is C13H17NO3. The van der Waals surface area contributed by atoms with Gasteiger partial charge in [0, 0.05) is 24.1 Å². The van der Waals surface area contributed by atoms with Gasteiger partial charge in [0.05, 0.1) is 19.1 Å². The van der Waals surface area contributed by atoms with Crippen molar-refractivity contribution in [3.8, 4) is 0 Å². The van der Waals surface area contributed by atoms with Gasteiger partial charge in [0.1, 0.15) is 6.10 Å². The summed E-state index contributed by atoms with van der Waals surface area (Å²) in [4.78, 5) is 5.84. The fourth-order valence-electron chi connectivity index (χ4n) is 2.76. The first-order valence-electron chi connectivity index (χ1n) is 6.13.